The van der Waals surface area contributed by atoms with Crippen LogP contribution in [-0.4, -0.2) is 49.9 Å². The SMILES string of the molecule is O=C(COc1ccc(Br)cc1)N[C@@H]1CCCC[C@H]1NC(=O)CC1CCCS1(=O)=O. The Hall–Kier alpha value is -1.61. The third kappa shape index (κ3) is 6.44. The van der Waals surface area contributed by atoms with Crippen molar-refractivity contribution in [3.05, 3.63) is 28.7 Å². The molecule has 0 aromatic heterocycles. The number of carbonyl (C=O) groups excluding carboxylic acids is 2. The minimum atomic E-state index is -3.14. The highest BCUT2D eigenvalue weighted by Gasteiger charge is 2.34. The molecule has 2 aliphatic rings. The highest BCUT2D eigenvalue weighted by atomic mass is 79.9. The zero-order valence-corrected chi connectivity index (χ0v) is 18.6. The summed E-state index contributed by atoms with van der Waals surface area (Å²) in [7, 11) is -3.14. The molecule has 1 saturated heterocycles. The van der Waals surface area contributed by atoms with E-state index in [0.717, 1.165) is 30.2 Å². The van der Waals surface area contributed by atoms with Crippen molar-refractivity contribution in [3.63, 3.8) is 0 Å². The number of ether oxygens (including phenoxy) is 1. The molecule has 1 unspecified atom stereocenters. The summed E-state index contributed by atoms with van der Waals surface area (Å²) in [6, 6.07) is 6.87. The predicted octanol–water partition coefficient (Wildman–Crippen LogP) is 2.34. The number of nitrogens with one attached hydrogen (secondary N) is 2. The Morgan fingerprint density at radius 3 is 2.17 bits per heavy atom. The molecule has 160 valence electrons. The van der Waals surface area contributed by atoms with Crippen molar-refractivity contribution in [2.75, 3.05) is 12.4 Å². The fraction of sp³-hybridized carbons (Fsp3) is 0.600. The molecule has 0 bridgehead atoms. The average molecular weight is 487 g/mol. The van der Waals surface area contributed by atoms with Gasteiger partial charge in [-0.3, -0.25) is 9.59 Å². The van der Waals surface area contributed by atoms with Gasteiger partial charge in [-0.05, 0) is 49.9 Å². The summed E-state index contributed by atoms with van der Waals surface area (Å²) in [5.41, 5.74) is 0. The lowest BCUT2D eigenvalue weighted by Gasteiger charge is -2.33. The molecule has 1 aromatic rings. The van der Waals surface area contributed by atoms with Gasteiger partial charge in [0, 0.05) is 23.0 Å². The molecule has 3 rings (SSSR count). The normalized spacial score (nSPS) is 25.9. The van der Waals surface area contributed by atoms with Gasteiger partial charge in [-0.25, -0.2) is 8.42 Å². The summed E-state index contributed by atoms with van der Waals surface area (Å²) >= 11 is 3.35. The van der Waals surface area contributed by atoms with Crippen LogP contribution >= 0.6 is 15.9 Å². The molecular weight excluding hydrogens is 460 g/mol. The van der Waals surface area contributed by atoms with Crippen molar-refractivity contribution >= 4 is 37.6 Å². The van der Waals surface area contributed by atoms with Gasteiger partial charge in [0.15, 0.2) is 16.4 Å². The van der Waals surface area contributed by atoms with E-state index in [4.69, 9.17) is 4.74 Å². The monoisotopic (exact) mass is 486 g/mol. The second kappa shape index (κ2) is 9.93. The van der Waals surface area contributed by atoms with E-state index in [1.54, 1.807) is 12.1 Å². The highest BCUT2D eigenvalue weighted by molar-refractivity contribution is 9.10. The van der Waals surface area contributed by atoms with Crippen LogP contribution in [-0.2, 0) is 19.4 Å². The van der Waals surface area contributed by atoms with Crippen LogP contribution in [0.15, 0.2) is 28.7 Å². The fourth-order valence-corrected chi connectivity index (χ4v) is 6.06. The van der Waals surface area contributed by atoms with E-state index < -0.39 is 15.1 Å². The van der Waals surface area contributed by atoms with Crippen LogP contribution in [0.25, 0.3) is 0 Å². The van der Waals surface area contributed by atoms with Crippen molar-refractivity contribution in [3.8, 4) is 5.75 Å². The van der Waals surface area contributed by atoms with Gasteiger partial charge in [-0.2, -0.15) is 0 Å². The van der Waals surface area contributed by atoms with E-state index in [2.05, 4.69) is 26.6 Å². The van der Waals surface area contributed by atoms with E-state index in [-0.39, 0.29) is 42.7 Å². The number of hydrogen-bond acceptors (Lipinski definition) is 5. The molecule has 1 aromatic carbocycles. The Balaban J connectivity index is 1.48. The lowest BCUT2D eigenvalue weighted by Crippen LogP contribution is -2.54. The molecule has 0 spiro atoms. The number of amides is 2. The van der Waals surface area contributed by atoms with Crippen LogP contribution in [0.5, 0.6) is 5.75 Å². The Bertz CT molecular complexity index is 828. The van der Waals surface area contributed by atoms with Gasteiger partial charge in [0.25, 0.3) is 5.91 Å². The van der Waals surface area contributed by atoms with Crippen molar-refractivity contribution in [2.24, 2.45) is 0 Å². The number of carbonyl (C=O) groups is 2. The fourth-order valence-electron chi connectivity index (χ4n) is 3.96. The zero-order valence-electron chi connectivity index (χ0n) is 16.2. The van der Waals surface area contributed by atoms with Gasteiger partial charge in [-0.15, -0.1) is 0 Å². The average Bonchev–Trinajstić information content (AvgIpc) is 3.01. The molecule has 29 heavy (non-hydrogen) atoms. The van der Waals surface area contributed by atoms with Gasteiger partial charge < -0.3 is 15.4 Å². The smallest absolute Gasteiger partial charge is 0.258 e. The first kappa shape index (κ1) is 22.1. The van der Waals surface area contributed by atoms with Crippen LogP contribution < -0.4 is 15.4 Å². The van der Waals surface area contributed by atoms with Crippen molar-refractivity contribution in [1.82, 2.24) is 10.6 Å². The number of benzene rings is 1. The van der Waals surface area contributed by atoms with Gasteiger partial charge in [0.05, 0.1) is 11.0 Å². The number of rotatable bonds is 7. The topological polar surface area (TPSA) is 102 Å². The highest BCUT2D eigenvalue weighted by Crippen LogP contribution is 2.24. The maximum atomic E-state index is 12.4. The molecule has 1 saturated carbocycles. The maximum absolute atomic E-state index is 12.4. The van der Waals surface area contributed by atoms with Crippen LogP contribution in [0, 0.1) is 0 Å². The molecule has 2 amide bonds. The van der Waals surface area contributed by atoms with E-state index in [1.807, 2.05) is 12.1 Å². The summed E-state index contributed by atoms with van der Waals surface area (Å²) in [4.78, 5) is 24.7. The van der Waals surface area contributed by atoms with E-state index in [0.29, 0.717) is 18.6 Å². The quantitative estimate of drug-likeness (QED) is 0.615. The van der Waals surface area contributed by atoms with Crippen LogP contribution in [0.2, 0.25) is 0 Å². The third-order valence-electron chi connectivity index (χ3n) is 5.52. The lowest BCUT2D eigenvalue weighted by atomic mass is 9.90. The van der Waals surface area contributed by atoms with E-state index >= 15 is 0 Å². The van der Waals surface area contributed by atoms with Crippen LogP contribution in [0.4, 0.5) is 0 Å². The second-order valence-corrected chi connectivity index (χ2v) is 11.0. The molecular formula is C20H27BrN2O5S. The number of halogens is 1. The van der Waals surface area contributed by atoms with Gasteiger partial charge in [0.2, 0.25) is 5.91 Å². The molecule has 0 radical (unpaired) electrons. The molecule has 1 aliphatic heterocycles. The van der Waals surface area contributed by atoms with Gasteiger partial charge >= 0.3 is 0 Å². The molecule has 1 aliphatic carbocycles. The second-order valence-electron chi connectivity index (χ2n) is 7.71. The molecule has 1 heterocycles. The minimum absolute atomic E-state index is 0.00613. The summed E-state index contributed by atoms with van der Waals surface area (Å²) in [6.07, 6.45) is 4.66. The lowest BCUT2D eigenvalue weighted by molar-refractivity contribution is -0.126. The maximum Gasteiger partial charge on any atom is 0.258 e. The van der Waals surface area contributed by atoms with Crippen molar-refractivity contribution in [2.45, 2.75) is 62.3 Å². The Morgan fingerprint density at radius 1 is 0.966 bits per heavy atom. The largest absolute Gasteiger partial charge is 0.484 e. The minimum Gasteiger partial charge on any atom is -0.484 e. The van der Waals surface area contributed by atoms with Crippen molar-refractivity contribution in [1.29, 1.82) is 0 Å². The van der Waals surface area contributed by atoms with Gasteiger partial charge in [0.1, 0.15) is 5.75 Å². The van der Waals surface area contributed by atoms with Gasteiger partial charge in [-0.1, -0.05) is 28.8 Å². The Morgan fingerprint density at radius 2 is 1.59 bits per heavy atom. The molecule has 7 nitrogen and oxygen atoms in total. The first-order chi connectivity index (χ1) is 13.8. The molecule has 3 atom stereocenters. The summed E-state index contributed by atoms with van der Waals surface area (Å²) < 4.78 is 30.3. The van der Waals surface area contributed by atoms with E-state index in [9.17, 15) is 18.0 Å². The van der Waals surface area contributed by atoms with Crippen LogP contribution in [0.1, 0.15) is 44.9 Å². The van der Waals surface area contributed by atoms with Crippen LogP contribution in [0.3, 0.4) is 0 Å². The first-order valence-corrected chi connectivity index (χ1v) is 12.5. The third-order valence-corrected chi connectivity index (χ3v) is 8.32. The Kier molecular flexibility index (Phi) is 7.56. The summed E-state index contributed by atoms with van der Waals surface area (Å²) in [5.74, 6) is 0.288. The summed E-state index contributed by atoms with van der Waals surface area (Å²) in [6.45, 7) is -0.0981. The summed E-state index contributed by atoms with van der Waals surface area (Å²) in [5, 5.41) is 5.34. The molecule has 2 N–H and O–H groups in total. The van der Waals surface area contributed by atoms with E-state index in [1.165, 1.54) is 0 Å². The number of sulfone groups is 1. The Labute approximate surface area is 180 Å². The number of hydrogen-bond donors (Lipinski definition) is 2. The zero-order chi connectivity index (χ0) is 20.9. The predicted molar refractivity (Wildman–Crippen MR) is 113 cm³/mol. The molecule has 9 heteroatoms. The van der Waals surface area contributed by atoms with Crippen molar-refractivity contribution < 1.29 is 22.7 Å². The first-order valence-electron chi connectivity index (χ1n) is 10.0. The standard InChI is InChI=1S/C20H27BrN2O5S/c21-14-7-9-15(10-8-14)28-13-20(25)23-18-6-2-1-5-17(18)22-19(24)12-16-4-3-11-29(16,26)27/h7-10,16-18H,1-6,11-13H2,(H,22,24)(H,23,25)/t16?,17-,18-/m1/s1. The molecule has 2 fully saturated rings.